The number of hydrogen-bond donors (Lipinski definition) is 0. The second-order valence-corrected chi connectivity index (χ2v) is 8.72. The molecule has 1 aliphatic rings. The Morgan fingerprint density at radius 3 is 1.90 bits per heavy atom. The van der Waals surface area contributed by atoms with Gasteiger partial charge in [-0.1, -0.05) is 96.8 Å². The molecule has 0 nitrogen and oxygen atoms in total. The van der Waals surface area contributed by atoms with Gasteiger partial charge < -0.3 is 0 Å². The summed E-state index contributed by atoms with van der Waals surface area (Å²) < 4.78 is 0. The van der Waals surface area contributed by atoms with Gasteiger partial charge in [-0.05, 0) is 31.1 Å². The molecule has 0 aromatic heterocycles. The Hall–Kier alpha value is 0.430. The first-order valence-corrected chi connectivity index (χ1v) is 11.6. The van der Waals surface area contributed by atoms with Gasteiger partial charge in [-0.15, -0.1) is 8.58 Å². The summed E-state index contributed by atoms with van der Waals surface area (Å²) in [5.41, 5.74) is 0. The van der Waals surface area contributed by atoms with E-state index in [0.717, 1.165) is 5.92 Å². The zero-order valence-corrected chi connectivity index (χ0v) is 15.8. The summed E-state index contributed by atoms with van der Waals surface area (Å²) in [7, 11) is 1.26. The minimum absolute atomic E-state index is 1.10. The second-order valence-electron chi connectivity index (χ2n) is 7.22. The second kappa shape index (κ2) is 15.3. The van der Waals surface area contributed by atoms with E-state index in [4.69, 9.17) is 0 Å². The Morgan fingerprint density at radius 1 is 0.667 bits per heavy atom. The molecular weight excluding hydrogens is 271 g/mol. The number of unbranched alkanes of at least 4 members (excludes halogenated alkanes) is 8. The van der Waals surface area contributed by atoms with Crippen molar-refractivity contribution in [3.05, 3.63) is 0 Å². The fourth-order valence-corrected chi connectivity index (χ4v) is 4.92. The van der Waals surface area contributed by atoms with Crippen molar-refractivity contribution in [1.29, 1.82) is 0 Å². The maximum Gasteiger partial charge on any atom is -0.0353 e. The molecule has 21 heavy (non-hydrogen) atoms. The van der Waals surface area contributed by atoms with Gasteiger partial charge in [0.25, 0.3) is 0 Å². The van der Waals surface area contributed by atoms with Gasteiger partial charge >= 0.3 is 0 Å². The Morgan fingerprint density at radius 2 is 1.24 bits per heavy atom. The molecule has 126 valence electrons. The summed E-state index contributed by atoms with van der Waals surface area (Å²) in [6.07, 6.45) is 27.1. The summed E-state index contributed by atoms with van der Waals surface area (Å²) in [6.45, 7) is 2.30. The van der Waals surface area contributed by atoms with Crippen LogP contribution in [0.3, 0.4) is 0 Å². The fraction of sp³-hybridized carbons (Fsp3) is 1.00. The number of rotatable bonds is 14. The van der Waals surface area contributed by atoms with Crippen LogP contribution in [0.25, 0.3) is 0 Å². The van der Waals surface area contributed by atoms with Gasteiger partial charge in [-0.3, -0.25) is 0 Å². The summed E-state index contributed by atoms with van der Waals surface area (Å²) >= 11 is 0. The van der Waals surface area contributed by atoms with E-state index in [1.165, 1.54) is 104 Å². The lowest BCUT2D eigenvalue weighted by Crippen LogP contribution is -2.05. The Kier molecular flexibility index (Phi) is 14.2. The van der Waals surface area contributed by atoms with Gasteiger partial charge in [0.05, 0.1) is 0 Å². The van der Waals surface area contributed by atoms with Crippen LogP contribution < -0.4 is 0 Å². The fourth-order valence-electron chi connectivity index (χ4n) is 3.67. The molecule has 0 radical (unpaired) electrons. The van der Waals surface area contributed by atoms with E-state index >= 15 is 0 Å². The summed E-state index contributed by atoms with van der Waals surface area (Å²) in [6, 6.07) is 0. The lowest BCUT2D eigenvalue weighted by Gasteiger charge is -2.21. The first-order chi connectivity index (χ1) is 10.4. The predicted molar refractivity (Wildman–Crippen MR) is 101 cm³/mol. The molecule has 0 aliphatic heterocycles. The minimum atomic E-state index is 1.10. The third-order valence-electron chi connectivity index (χ3n) is 5.15. The van der Waals surface area contributed by atoms with E-state index in [9.17, 15) is 0 Å². The van der Waals surface area contributed by atoms with Gasteiger partial charge in [0, 0.05) is 0 Å². The van der Waals surface area contributed by atoms with Crippen LogP contribution in [0.2, 0.25) is 0 Å². The third kappa shape index (κ3) is 12.6. The van der Waals surface area contributed by atoms with E-state index in [1.807, 2.05) is 0 Å². The van der Waals surface area contributed by atoms with Crippen molar-refractivity contribution in [2.75, 3.05) is 12.3 Å². The monoisotopic (exact) mass is 312 g/mol. The lowest BCUT2D eigenvalue weighted by atomic mass is 9.85. The first-order valence-electron chi connectivity index (χ1n) is 10.1. The van der Waals surface area contributed by atoms with Crippen molar-refractivity contribution in [3.8, 4) is 0 Å². The van der Waals surface area contributed by atoms with Crippen molar-refractivity contribution in [1.82, 2.24) is 0 Å². The molecule has 0 N–H and O–H groups in total. The van der Waals surface area contributed by atoms with E-state index in [1.54, 1.807) is 19.3 Å². The summed E-state index contributed by atoms with van der Waals surface area (Å²) in [4.78, 5) is 0. The average Bonchev–Trinajstić information content (AvgIpc) is 2.53. The van der Waals surface area contributed by atoms with Crippen molar-refractivity contribution in [3.63, 3.8) is 0 Å². The van der Waals surface area contributed by atoms with E-state index in [2.05, 4.69) is 6.92 Å². The molecule has 0 spiro atoms. The highest BCUT2D eigenvalue weighted by Crippen LogP contribution is 2.28. The maximum atomic E-state index is 2.30. The standard InChI is InChI=1S/C20H41P/c1-2-3-4-13-18-21-19-14-8-6-5-7-10-15-20-16-11-9-12-17-20/h20-21H,2-19H2,1H3. The molecule has 1 rings (SSSR count). The van der Waals surface area contributed by atoms with Crippen LogP contribution >= 0.6 is 8.58 Å². The molecule has 1 unspecified atom stereocenters. The largest absolute Gasteiger partial charge is 0.122 e. The molecule has 0 amide bonds. The molecule has 1 heteroatoms. The van der Waals surface area contributed by atoms with Crippen LogP contribution in [0, 0.1) is 5.92 Å². The summed E-state index contributed by atoms with van der Waals surface area (Å²) in [5.74, 6) is 1.10. The molecule has 1 atom stereocenters. The molecule has 1 saturated carbocycles. The number of hydrogen-bond acceptors (Lipinski definition) is 0. The predicted octanol–water partition coefficient (Wildman–Crippen LogP) is 7.56. The Labute approximate surface area is 137 Å². The average molecular weight is 313 g/mol. The topological polar surface area (TPSA) is 0 Å². The molecular formula is C20H41P. The highest BCUT2D eigenvalue weighted by atomic mass is 31.1. The quantitative estimate of drug-likeness (QED) is 0.229. The van der Waals surface area contributed by atoms with E-state index < -0.39 is 0 Å². The third-order valence-corrected chi connectivity index (χ3v) is 6.56. The van der Waals surface area contributed by atoms with E-state index in [0.29, 0.717) is 0 Å². The molecule has 1 aliphatic carbocycles. The van der Waals surface area contributed by atoms with Crippen LogP contribution in [-0.4, -0.2) is 12.3 Å². The normalized spacial score (nSPS) is 17.0. The van der Waals surface area contributed by atoms with Crippen LogP contribution in [-0.2, 0) is 0 Å². The van der Waals surface area contributed by atoms with Crippen LogP contribution in [0.5, 0.6) is 0 Å². The highest BCUT2D eigenvalue weighted by molar-refractivity contribution is 7.37. The smallest absolute Gasteiger partial charge is 0.0353 e. The molecule has 0 aromatic carbocycles. The molecule has 0 heterocycles. The van der Waals surface area contributed by atoms with Crippen molar-refractivity contribution < 1.29 is 0 Å². The lowest BCUT2D eigenvalue weighted by molar-refractivity contribution is 0.328. The van der Waals surface area contributed by atoms with Gasteiger partial charge in [-0.25, -0.2) is 0 Å². The van der Waals surface area contributed by atoms with Gasteiger partial charge in [0.1, 0.15) is 0 Å². The highest BCUT2D eigenvalue weighted by Gasteiger charge is 2.12. The van der Waals surface area contributed by atoms with Crippen LogP contribution in [0.4, 0.5) is 0 Å². The van der Waals surface area contributed by atoms with Gasteiger partial charge in [0.2, 0.25) is 0 Å². The molecule has 0 bridgehead atoms. The zero-order chi connectivity index (χ0) is 15.0. The maximum absolute atomic E-state index is 2.30. The Balaban J connectivity index is 1.69. The van der Waals surface area contributed by atoms with Crippen molar-refractivity contribution in [2.45, 2.75) is 110 Å². The van der Waals surface area contributed by atoms with Crippen molar-refractivity contribution in [2.24, 2.45) is 5.92 Å². The first kappa shape index (κ1) is 19.5. The SMILES string of the molecule is CCCCCCPCCCCCCCCC1CCCCC1. The Bertz CT molecular complexity index is 196. The summed E-state index contributed by atoms with van der Waals surface area (Å²) in [5, 5.41) is 0. The van der Waals surface area contributed by atoms with Crippen LogP contribution in [0.15, 0.2) is 0 Å². The molecule has 1 fully saturated rings. The van der Waals surface area contributed by atoms with E-state index in [-0.39, 0.29) is 0 Å². The molecule has 0 saturated heterocycles. The van der Waals surface area contributed by atoms with Gasteiger partial charge in [0.15, 0.2) is 0 Å². The molecule has 0 aromatic rings. The van der Waals surface area contributed by atoms with Gasteiger partial charge in [-0.2, -0.15) is 0 Å². The zero-order valence-electron chi connectivity index (χ0n) is 14.8. The van der Waals surface area contributed by atoms with Crippen LogP contribution in [0.1, 0.15) is 110 Å². The van der Waals surface area contributed by atoms with Crippen molar-refractivity contribution >= 4 is 8.58 Å². The minimum Gasteiger partial charge on any atom is -0.122 e.